The van der Waals surface area contributed by atoms with E-state index in [0.717, 1.165) is 11.3 Å². The van der Waals surface area contributed by atoms with Crippen molar-refractivity contribution in [2.45, 2.75) is 13.5 Å². The second kappa shape index (κ2) is 4.80. The number of hydrogen-bond acceptors (Lipinski definition) is 3. The Balaban J connectivity index is 2.53. The number of nitrogen functional groups attached to an aromatic ring is 1. The molecule has 92 valence electrons. The van der Waals surface area contributed by atoms with E-state index in [2.05, 4.69) is 9.94 Å². The first-order valence-electron chi connectivity index (χ1n) is 5.59. The minimum Gasteiger partial charge on any atom is -0.497 e. The summed E-state index contributed by atoms with van der Waals surface area (Å²) in [6.45, 7) is 9.79. The molecule has 1 aromatic heterocycles. The molecule has 5 nitrogen and oxygen atoms in total. The number of ether oxygens (including phenoxy) is 1. The maximum atomic E-state index is 7.21. The van der Waals surface area contributed by atoms with Gasteiger partial charge in [0.1, 0.15) is 17.3 Å². The Morgan fingerprint density at radius 2 is 2.06 bits per heavy atom. The molecule has 0 atom stereocenters. The van der Waals surface area contributed by atoms with Crippen LogP contribution in [-0.2, 0) is 6.54 Å². The van der Waals surface area contributed by atoms with Gasteiger partial charge in [0.2, 0.25) is 0 Å². The van der Waals surface area contributed by atoms with E-state index in [1.807, 2.05) is 31.2 Å². The van der Waals surface area contributed by atoms with Gasteiger partial charge in [-0.05, 0) is 24.6 Å². The molecule has 0 amide bonds. The van der Waals surface area contributed by atoms with Crippen molar-refractivity contribution in [3.8, 4) is 17.0 Å². The zero-order chi connectivity index (χ0) is 13.1. The lowest BCUT2D eigenvalue weighted by atomic mass is 10.1. The fraction of sp³-hybridized carbons (Fsp3) is 0.231. The zero-order valence-corrected chi connectivity index (χ0v) is 10.3. The fourth-order valence-electron chi connectivity index (χ4n) is 1.76. The molecule has 18 heavy (non-hydrogen) atoms. The molecule has 2 rings (SSSR count). The van der Waals surface area contributed by atoms with Crippen LogP contribution in [0.4, 0.5) is 11.5 Å². The van der Waals surface area contributed by atoms with Gasteiger partial charge in [-0.15, -0.1) is 0 Å². The summed E-state index contributed by atoms with van der Waals surface area (Å²) in [5.41, 5.74) is 7.76. The van der Waals surface area contributed by atoms with Gasteiger partial charge >= 0.3 is 0 Å². The first kappa shape index (κ1) is 12.0. The van der Waals surface area contributed by atoms with Crippen LogP contribution in [0.5, 0.6) is 5.75 Å². The summed E-state index contributed by atoms with van der Waals surface area (Å²) in [5.74, 6) is 1.18. The average molecular weight is 242 g/mol. The standard InChI is InChI=1S/C13H14N4O/c1-4-17-13(14)12(15-2)11(16-17)9-5-7-10(18-3)8-6-9/h5-8H,4,14H2,1,3H3. The third-order valence-corrected chi connectivity index (χ3v) is 2.74. The summed E-state index contributed by atoms with van der Waals surface area (Å²) in [6.07, 6.45) is 0. The molecule has 0 spiro atoms. The van der Waals surface area contributed by atoms with Crippen LogP contribution in [0, 0.1) is 6.57 Å². The topological polar surface area (TPSA) is 57.4 Å². The number of rotatable bonds is 3. The quantitative estimate of drug-likeness (QED) is 0.842. The van der Waals surface area contributed by atoms with Crippen LogP contribution >= 0.6 is 0 Å². The molecule has 0 saturated heterocycles. The van der Waals surface area contributed by atoms with Crippen LogP contribution in [0.25, 0.3) is 16.1 Å². The highest BCUT2D eigenvalue weighted by Crippen LogP contribution is 2.35. The van der Waals surface area contributed by atoms with Gasteiger partial charge in [0, 0.05) is 6.54 Å². The third-order valence-electron chi connectivity index (χ3n) is 2.74. The minimum atomic E-state index is 0.405. The number of hydrogen-bond donors (Lipinski definition) is 1. The predicted molar refractivity (Wildman–Crippen MR) is 70.6 cm³/mol. The Bertz CT molecular complexity index is 593. The summed E-state index contributed by atoms with van der Waals surface area (Å²) < 4.78 is 6.73. The van der Waals surface area contributed by atoms with Crippen molar-refractivity contribution in [3.63, 3.8) is 0 Å². The first-order chi connectivity index (χ1) is 8.71. The second-order valence-electron chi connectivity index (χ2n) is 3.74. The van der Waals surface area contributed by atoms with Crippen molar-refractivity contribution in [1.29, 1.82) is 0 Å². The molecule has 2 aromatic rings. The van der Waals surface area contributed by atoms with Crippen LogP contribution in [0.2, 0.25) is 0 Å². The van der Waals surface area contributed by atoms with Gasteiger partial charge in [0.25, 0.3) is 5.69 Å². The normalized spacial score (nSPS) is 10.1. The Kier molecular flexibility index (Phi) is 3.20. The van der Waals surface area contributed by atoms with E-state index < -0.39 is 0 Å². The average Bonchev–Trinajstić information content (AvgIpc) is 2.75. The lowest BCUT2D eigenvalue weighted by Gasteiger charge is -2.01. The van der Waals surface area contributed by atoms with Gasteiger partial charge in [-0.3, -0.25) is 4.68 Å². The highest BCUT2D eigenvalue weighted by Gasteiger charge is 2.16. The highest BCUT2D eigenvalue weighted by atomic mass is 16.5. The molecule has 0 aliphatic carbocycles. The number of benzene rings is 1. The molecule has 1 heterocycles. The molecular formula is C13H14N4O. The number of methoxy groups -OCH3 is 1. The molecule has 2 N–H and O–H groups in total. The van der Waals surface area contributed by atoms with E-state index in [9.17, 15) is 0 Å². The molecule has 0 radical (unpaired) electrons. The number of aromatic nitrogens is 2. The van der Waals surface area contributed by atoms with Crippen molar-refractivity contribution in [3.05, 3.63) is 35.7 Å². The lowest BCUT2D eigenvalue weighted by Crippen LogP contribution is -2.01. The number of nitrogens with zero attached hydrogens (tertiary/aromatic N) is 3. The summed E-state index contributed by atoms with van der Waals surface area (Å²) >= 11 is 0. The molecule has 0 aliphatic rings. The van der Waals surface area contributed by atoms with Crippen LogP contribution in [0.1, 0.15) is 6.92 Å². The molecular weight excluding hydrogens is 228 g/mol. The maximum absolute atomic E-state index is 7.21. The fourth-order valence-corrected chi connectivity index (χ4v) is 1.76. The Morgan fingerprint density at radius 3 is 2.56 bits per heavy atom. The van der Waals surface area contributed by atoms with E-state index in [-0.39, 0.29) is 0 Å². The van der Waals surface area contributed by atoms with Crippen molar-refractivity contribution in [2.24, 2.45) is 0 Å². The Labute approximate surface area is 106 Å². The number of aryl methyl sites for hydroxylation is 1. The molecule has 0 unspecified atom stereocenters. The predicted octanol–water partition coefficient (Wildman–Crippen LogP) is 2.71. The van der Waals surface area contributed by atoms with E-state index in [4.69, 9.17) is 17.0 Å². The number of anilines is 1. The van der Waals surface area contributed by atoms with Gasteiger partial charge in [-0.2, -0.15) is 5.10 Å². The van der Waals surface area contributed by atoms with Crippen LogP contribution < -0.4 is 10.5 Å². The molecule has 0 saturated carbocycles. The molecule has 0 aliphatic heterocycles. The van der Waals surface area contributed by atoms with Gasteiger partial charge in [0.05, 0.1) is 13.7 Å². The van der Waals surface area contributed by atoms with E-state index in [1.54, 1.807) is 11.8 Å². The van der Waals surface area contributed by atoms with Gasteiger partial charge in [0.15, 0.2) is 0 Å². The lowest BCUT2D eigenvalue weighted by molar-refractivity contribution is 0.415. The van der Waals surface area contributed by atoms with E-state index in [0.29, 0.717) is 23.7 Å². The summed E-state index contributed by atoms with van der Waals surface area (Å²) in [4.78, 5) is 3.47. The van der Waals surface area contributed by atoms with Crippen LogP contribution in [0.15, 0.2) is 24.3 Å². The summed E-state index contributed by atoms with van der Waals surface area (Å²) in [6, 6.07) is 7.42. The van der Waals surface area contributed by atoms with Crippen molar-refractivity contribution >= 4 is 11.5 Å². The van der Waals surface area contributed by atoms with Crippen LogP contribution in [0.3, 0.4) is 0 Å². The van der Waals surface area contributed by atoms with Crippen molar-refractivity contribution in [2.75, 3.05) is 12.8 Å². The van der Waals surface area contributed by atoms with E-state index in [1.165, 1.54) is 0 Å². The summed E-state index contributed by atoms with van der Waals surface area (Å²) in [7, 11) is 1.61. The maximum Gasteiger partial charge on any atom is 0.254 e. The zero-order valence-electron chi connectivity index (χ0n) is 10.3. The first-order valence-corrected chi connectivity index (χ1v) is 5.59. The molecule has 1 aromatic carbocycles. The van der Waals surface area contributed by atoms with Crippen molar-refractivity contribution < 1.29 is 4.74 Å². The SMILES string of the molecule is [C-]#[N+]c1c(-c2ccc(OC)cc2)nn(CC)c1N. The Morgan fingerprint density at radius 1 is 1.39 bits per heavy atom. The van der Waals surface area contributed by atoms with Gasteiger partial charge in [-0.25, -0.2) is 4.85 Å². The highest BCUT2D eigenvalue weighted by molar-refractivity contribution is 5.83. The van der Waals surface area contributed by atoms with Crippen molar-refractivity contribution in [1.82, 2.24) is 9.78 Å². The van der Waals surface area contributed by atoms with Gasteiger partial charge in [-0.1, -0.05) is 12.1 Å². The number of nitrogens with two attached hydrogens (primary N) is 1. The minimum absolute atomic E-state index is 0.405. The monoisotopic (exact) mass is 242 g/mol. The second-order valence-corrected chi connectivity index (χ2v) is 3.74. The van der Waals surface area contributed by atoms with E-state index >= 15 is 0 Å². The molecule has 5 heteroatoms. The smallest absolute Gasteiger partial charge is 0.254 e. The van der Waals surface area contributed by atoms with Crippen LogP contribution in [-0.4, -0.2) is 16.9 Å². The Hall–Kier alpha value is -2.48. The third kappa shape index (κ3) is 1.89. The summed E-state index contributed by atoms with van der Waals surface area (Å²) in [5, 5.41) is 4.36. The van der Waals surface area contributed by atoms with Gasteiger partial charge < -0.3 is 10.5 Å². The molecule has 0 bridgehead atoms. The largest absolute Gasteiger partial charge is 0.497 e. The molecule has 0 fully saturated rings.